The lowest BCUT2D eigenvalue weighted by Gasteiger charge is -2.23. The third kappa shape index (κ3) is 3.38. The maximum absolute atomic E-state index is 5.95. The zero-order valence-electron chi connectivity index (χ0n) is 10.7. The number of hydrogen-bond donors (Lipinski definition) is 1. The molecular formula is C11H18ClN5S. The van der Waals surface area contributed by atoms with Crippen LogP contribution in [0.25, 0.3) is 0 Å². The molecule has 1 fully saturated rings. The van der Waals surface area contributed by atoms with Gasteiger partial charge in [0.1, 0.15) is 0 Å². The van der Waals surface area contributed by atoms with Gasteiger partial charge in [0.05, 0.1) is 0 Å². The molecule has 1 aliphatic rings. The minimum Gasteiger partial charge on any atom is -0.354 e. The van der Waals surface area contributed by atoms with Crippen molar-refractivity contribution in [2.45, 2.75) is 25.8 Å². The van der Waals surface area contributed by atoms with Gasteiger partial charge in [-0.05, 0) is 30.2 Å². The van der Waals surface area contributed by atoms with Crippen molar-refractivity contribution in [3.63, 3.8) is 0 Å². The Kier molecular flexibility index (Phi) is 4.88. The van der Waals surface area contributed by atoms with Crippen molar-refractivity contribution >= 4 is 35.3 Å². The van der Waals surface area contributed by atoms with Crippen molar-refractivity contribution in [2.75, 3.05) is 35.3 Å². The number of halogens is 1. The molecule has 5 nitrogen and oxygen atoms in total. The van der Waals surface area contributed by atoms with Crippen molar-refractivity contribution < 1.29 is 0 Å². The van der Waals surface area contributed by atoms with Crippen LogP contribution in [0.15, 0.2) is 0 Å². The van der Waals surface area contributed by atoms with Crippen LogP contribution < -0.4 is 10.2 Å². The van der Waals surface area contributed by atoms with Gasteiger partial charge < -0.3 is 10.2 Å². The molecule has 0 amide bonds. The van der Waals surface area contributed by atoms with Crippen molar-refractivity contribution in [1.82, 2.24) is 15.0 Å². The summed E-state index contributed by atoms with van der Waals surface area (Å²) >= 11 is 7.91. The fourth-order valence-electron chi connectivity index (χ4n) is 1.80. The van der Waals surface area contributed by atoms with Gasteiger partial charge in [0.15, 0.2) is 0 Å². The molecule has 0 aromatic carbocycles. The van der Waals surface area contributed by atoms with E-state index in [0.717, 1.165) is 18.7 Å². The average Bonchev–Trinajstić information content (AvgIpc) is 2.88. The van der Waals surface area contributed by atoms with Crippen LogP contribution in [0.4, 0.5) is 11.9 Å². The Morgan fingerprint density at radius 1 is 1.44 bits per heavy atom. The van der Waals surface area contributed by atoms with E-state index in [1.807, 2.05) is 18.8 Å². The Morgan fingerprint density at radius 2 is 2.28 bits per heavy atom. The number of hydrogen-bond acceptors (Lipinski definition) is 6. The van der Waals surface area contributed by atoms with Gasteiger partial charge in [-0.1, -0.05) is 6.92 Å². The molecule has 0 saturated carbocycles. The largest absolute Gasteiger partial charge is 0.354 e. The first-order chi connectivity index (χ1) is 8.70. The maximum Gasteiger partial charge on any atom is 0.231 e. The zero-order chi connectivity index (χ0) is 13.0. The molecule has 2 rings (SSSR count). The second kappa shape index (κ2) is 6.43. The fourth-order valence-corrected chi connectivity index (χ4v) is 3.23. The van der Waals surface area contributed by atoms with Crippen molar-refractivity contribution in [1.29, 1.82) is 0 Å². The van der Waals surface area contributed by atoms with E-state index in [9.17, 15) is 0 Å². The minimum absolute atomic E-state index is 0.246. The van der Waals surface area contributed by atoms with Gasteiger partial charge >= 0.3 is 0 Å². The number of anilines is 2. The van der Waals surface area contributed by atoms with E-state index in [4.69, 9.17) is 11.6 Å². The molecule has 0 spiro atoms. The van der Waals surface area contributed by atoms with E-state index in [-0.39, 0.29) is 5.28 Å². The predicted octanol–water partition coefficient (Wildman–Crippen LogP) is 2.29. The van der Waals surface area contributed by atoms with E-state index in [2.05, 4.69) is 32.1 Å². The van der Waals surface area contributed by atoms with Crippen molar-refractivity contribution in [3.8, 4) is 0 Å². The molecule has 0 bridgehead atoms. The van der Waals surface area contributed by atoms with Crippen LogP contribution in [-0.2, 0) is 0 Å². The van der Waals surface area contributed by atoms with Crippen molar-refractivity contribution in [2.24, 2.45) is 0 Å². The Balaban J connectivity index is 2.13. The molecule has 100 valence electrons. The van der Waals surface area contributed by atoms with Gasteiger partial charge in [-0.2, -0.15) is 26.7 Å². The predicted molar refractivity (Wildman–Crippen MR) is 77.8 cm³/mol. The van der Waals surface area contributed by atoms with Crippen LogP contribution in [0, 0.1) is 0 Å². The summed E-state index contributed by atoms with van der Waals surface area (Å²) in [5.41, 5.74) is 0. The van der Waals surface area contributed by atoms with Gasteiger partial charge in [0, 0.05) is 25.4 Å². The SMILES string of the molecule is CCCNc1nc(Cl)nc(N(C)C2CCSC2)n1. The van der Waals surface area contributed by atoms with E-state index in [1.54, 1.807) is 0 Å². The Morgan fingerprint density at radius 3 is 2.94 bits per heavy atom. The van der Waals surface area contributed by atoms with Crippen LogP contribution in [0.2, 0.25) is 5.28 Å². The highest BCUT2D eigenvalue weighted by molar-refractivity contribution is 7.99. The lowest BCUT2D eigenvalue weighted by molar-refractivity contribution is 0.679. The molecule has 7 heteroatoms. The topological polar surface area (TPSA) is 53.9 Å². The minimum atomic E-state index is 0.246. The second-order valence-electron chi connectivity index (χ2n) is 4.28. The first-order valence-electron chi connectivity index (χ1n) is 6.16. The quantitative estimate of drug-likeness (QED) is 0.897. The highest BCUT2D eigenvalue weighted by Gasteiger charge is 2.22. The van der Waals surface area contributed by atoms with Crippen LogP contribution in [-0.4, -0.2) is 46.1 Å². The first kappa shape index (κ1) is 13.7. The molecule has 1 saturated heterocycles. The number of nitrogens with one attached hydrogen (secondary N) is 1. The Labute approximate surface area is 117 Å². The third-order valence-electron chi connectivity index (χ3n) is 2.90. The zero-order valence-corrected chi connectivity index (χ0v) is 12.3. The molecule has 0 radical (unpaired) electrons. The van der Waals surface area contributed by atoms with Gasteiger partial charge in [0.2, 0.25) is 17.2 Å². The lowest BCUT2D eigenvalue weighted by atomic mass is 10.2. The first-order valence-corrected chi connectivity index (χ1v) is 7.70. The molecule has 1 N–H and O–H groups in total. The smallest absolute Gasteiger partial charge is 0.231 e. The molecular weight excluding hydrogens is 270 g/mol. The third-order valence-corrected chi connectivity index (χ3v) is 4.21. The molecule has 1 aliphatic heterocycles. The molecule has 2 heterocycles. The monoisotopic (exact) mass is 287 g/mol. The summed E-state index contributed by atoms with van der Waals surface area (Å²) < 4.78 is 0. The van der Waals surface area contributed by atoms with Gasteiger partial charge in [-0.15, -0.1) is 0 Å². The second-order valence-corrected chi connectivity index (χ2v) is 5.77. The lowest BCUT2D eigenvalue weighted by Crippen LogP contribution is -2.33. The van der Waals surface area contributed by atoms with E-state index < -0.39 is 0 Å². The molecule has 18 heavy (non-hydrogen) atoms. The molecule has 1 aromatic heterocycles. The normalized spacial score (nSPS) is 18.9. The van der Waals surface area contributed by atoms with Crippen LogP contribution >= 0.6 is 23.4 Å². The fraction of sp³-hybridized carbons (Fsp3) is 0.727. The van der Waals surface area contributed by atoms with Gasteiger partial charge in [-0.3, -0.25) is 0 Å². The van der Waals surface area contributed by atoms with Crippen LogP contribution in [0.5, 0.6) is 0 Å². The summed E-state index contributed by atoms with van der Waals surface area (Å²) in [6.07, 6.45) is 2.19. The molecule has 1 atom stereocenters. The standard InChI is InChI=1S/C11H18ClN5S/c1-3-5-13-10-14-9(12)15-11(16-10)17(2)8-4-6-18-7-8/h8H,3-7H2,1-2H3,(H,13,14,15,16). The van der Waals surface area contributed by atoms with Gasteiger partial charge in [0.25, 0.3) is 0 Å². The van der Waals surface area contributed by atoms with Crippen LogP contribution in [0.3, 0.4) is 0 Å². The highest BCUT2D eigenvalue weighted by atomic mass is 35.5. The number of nitrogens with zero attached hydrogens (tertiary/aromatic N) is 4. The average molecular weight is 288 g/mol. The number of aromatic nitrogens is 3. The Hall–Kier alpha value is -0.750. The molecule has 1 unspecified atom stereocenters. The maximum atomic E-state index is 5.95. The number of rotatable bonds is 5. The summed E-state index contributed by atoms with van der Waals surface area (Å²) in [4.78, 5) is 14.8. The van der Waals surface area contributed by atoms with E-state index in [1.165, 1.54) is 12.2 Å². The van der Waals surface area contributed by atoms with Crippen molar-refractivity contribution in [3.05, 3.63) is 5.28 Å². The molecule has 1 aromatic rings. The summed E-state index contributed by atoms with van der Waals surface area (Å²) in [6, 6.07) is 0.493. The Bertz CT molecular complexity index is 397. The summed E-state index contributed by atoms with van der Waals surface area (Å²) in [6.45, 7) is 2.93. The van der Waals surface area contributed by atoms with Crippen LogP contribution in [0.1, 0.15) is 19.8 Å². The summed E-state index contributed by atoms with van der Waals surface area (Å²) in [7, 11) is 2.02. The molecule has 0 aliphatic carbocycles. The van der Waals surface area contributed by atoms with E-state index in [0.29, 0.717) is 17.9 Å². The summed E-state index contributed by atoms with van der Waals surface area (Å²) in [5.74, 6) is 3.54. The number of thioether (sulfide) groups is 1. The van der Waals surface area contributed by atoms with Gasteiger partial charge in [-0.25, -0.2) is 0 Å². The summed E-state index contributed by atoms with van der Waals surface area (Å²) in [5, 5.41) is 3.39. The highest BCUT2D eigenvalue weighted by Crippen LogP contribution is 2.24. The van der Waals surface area contributed by atoms with E-state index >= 15 is 0 Å².